The van der Waals surface area contributed by atoms with Gasteiger partial charge in [0.05, 0.1) is 12.7 Å². The summed E-state index contributed by atoms with van der Waals surface area (Å²) in [6, 6.07) is 10.5. The number of halogens is 5. The fourth-order valence-corrected chi connectivity index (χ4v) is 4.12. The van der Waals surface area contributed by atoms with Gasteiger partial charge < -0.3 is 9.47 Å². The monoisotopic (exact) mass is 454 g/mol. The molecule has 32 heavy (non-hydrogen) atoms. The maximum Gasteiger partial charge on any atom is 0.425 e. The van der Waals surface area contributed by atoms with Crippen molar-refractivity contribution in [1.82, 2.24) is 0 Å². The third-order valence-corrected chi connectivity index (χ3v) is 5.79. The second-order valence-corrected chi connectivity index (χ2v) is 8.25. The molecule has 0 spiro atoms. The van der Waals surface area contributed by atoms with Crippen LogP contribution < -0.4 is 9.47 Å². The first-order valence-electron chi connectivity index (χ1n) is 10.9. The minimum absolute atomic E-state index is 0.436. The van der Waals surface area contributed by atoms with E-state index in [-0.39, 0.29) is 0 Å². The zero-order valence-electron chi connectivity index (χ0n) is 17.9. The van der Waals surface area contributed by atoms with Gasteiger partial charge in [-0.3, -0.25) is 0 Å². The fourth-order valence-electron chi connectivity index (χ4n) is 4.12. The standard InChI is InChI=1S/C25H27F5O2/c1-2-3-17-4-6-18(7-5-17)16-31-21-11-8-19(9-12-21)20-10-13-23(22(26)14-20)32-25(29,30)15-24(27)28/h8-15,17-18H,2-7,16H2,1H3. The molecule has 2 nitrogen and oxygen atoms in total. The molecule has 1 saturated carbocycles. The lowest BCUT2D eigenvalue weighted by Gasteiger charge is -2.28. The summed E-state index contributed by atoms with van der Waals surface area (Å²) >= 11 is 0. The second-order valence-electron chi connectivity index (χ2n) is 8.25. The van der Waals surface area contributed by atoms with E-state index in [9.17, 15) is 22.0 Å². The molecule has 0 saturated heterocycles. The van der Waals surface area contributed by atoms with Crippen LogP contribution in [0.3, 0.4) is 0 Å². The zero-order chi connectivity index (χ0) is 23.1. The van der Waals surface area contributed by atoms with E-state index < -0.39 is 29.8 Å². The molecule has 2 aromatic carbocycles. The summed E-state index contributed by atoms with van der Waals surface area (Å²) in [5, 5.41) is 0. The van der Waals surface area contributed by atoms with Gasteiger partial charge in [0.15, 0.2) is 11.6 Å². The van der Waals surface area contributed by atoms with Crippen molar-refractivity contribution in [2.24, 2.45) is 11.8 Å². The molecule has 0 aromatic heterocycles. The van der Waals surface area contributed by atoms with Crippen molar-refractivity contribution in [2.45, 2.75) is 51.6 Å². The highest BCUT2D eigenvalue weighted by molar-refractivity contribution is 5.65. The zero-order valence-corrected chi connectivity index (χ0v) is 17.9. The van der Waals surface area contributed by atoms with Crippen molar-refractivity contribution in [3.63, 3.8) is 0 Å². The first-order chi connectivity index (χ1) is 15.3. The van der Waals surface area contributed by atoms with Crippen molar-refractivity contribution in [1.29, 1.82) is 0 Å². The van der Waals surface area contributed by atoms with E-state index >= 15 is 0 Å². The van der Waals surface area contributed by atoms with E-state index in [1.54, 1.807) is 24.3 Å². The van der Waals surface area contributed by atoms with Gasteiger partial charge in [-0.2, -0.15) is 17.6 Å². The SMILES string of the molecule is CCCC1CCC(COc2ccc(-c3ccc(OC(F)(F)C=C(F)F)c(F)c3)cc2)CC1. The van der Waals surface area contributed by atoms with E-state index in [2.05, 4.69) is 11.7 Å². The Morgan fingerprint density at radius 2 is 1.59 bits per heavy atom. The van der Waals surface area contributed by atoms with Gasteiger partial charge in [-0.1, -0.05) is 50.8 Å². The van der Waals surface area contributed by atoms with Crippen LogP contribution in [0.1, 0.15) is 45.4 Å². The average Bonchev–Trinajstić information content (AvgIpc) is 2.74. The van der Waals surface area contributed by atoms with E-state index in [1.165, 1.54) is 44.6 Å². The van der Waals surface area contributed by atoms with Gasteiger partial charge in [-0.25, -0.2) is 4.39 Å². The molecular formula is C25H27F5O2. The molecule has 0 amide bonds. The maximum atomic E-state index is 14.2. The molecule has 7 heteroatoms. The van der Waals surface area contributed by atoms with Crippen LogP contribution >= 0.6 is 0 Å². The van der Waals surface area contributed by atoms with Crippen molar-refractivity contribution in [2.75, 3.05) is 6.61 Å². The number of hydrogen-bond donors (Lipinski definition) is 0. The largest absolute Gasteiger partial charge is 0.493 e. The van der Waals surface area contributed by atoms with Gasteiger partial charge in [-0.05, 0) is 60.1 Å². The lowest BCUT2D eigenvalue weighted by Crippen LogP contribution is -2.22. The van der Waals surface area contributed by atoms with E-state index in [0.29, 0.717) is 29.4 Å². The molecule has 0 bridgehead atoms. The van der Waals surface area contributed by atoms with Crippen molar-refractivity contribution >= 4 is 0 Å². The third-order valence-electron chi connectivity index (χ3n) is 5.79. The Morgan fingerprint density at radius 3 is 2.19 bits per heavy atom. The number of ether oxygens (including phenoxy) is 2. The van der Waals surface area contributed by atoms with Crippen molar-refractivity contribution < 1.29 is 31.4 Å². The van der Waals surface area contributed by atoms with Crippen LogP contribution in [0.2, 0.25) is 0 Å². The minimum Gasteiger partial charge on any atom is -0.493 e. The molecule has 174 valence electrons. The summed E-state index contributed by atoms with van der Waals surface area (Å²) in [5.41, 5.74) is 1.09. The Kier molecular flexibility index (Phi) is 8.15. The number of benzene rings is 2. The molecule has 1 aliphatic rings. The predicted octanol–water partition coefficient (Wildman–Crippen LogP) is 8.23. The molecular weight excluding hydrogens is 427 g/mol. The maximum absolute atomic E-state index is 14.2. The highest BCUT2D eigenvalue weighted by atomic mass is 19.3. The third kappa shape index (κ3) is 6.97. The minimum atomic E-state index is -4.31. The van der Waals surface area contributed by atoms with E-state index in [0.717, 1.165) is 18.1 Å². The fraction of sp³-hybridized carbons (Fsp3) is 0.440. The summed E-state index contributed by atoms with van der Waals surface area (Å²) in [5.74, 6) is 0.228. The van der Waals surface area contributed by atoms with Gasteiger partial charge in [0.25, 0.3) is 6.08 Å². The molecule has 1 fully saturated rings. The molecule has 0 aliphatic heterocycles. The lowest BCUT2D eigenvalue weighted by atomic mass is 9.80. The van der Waals surface area contributed by atoms with Crippen LogP contribution in [0.15, 0.2) is 54.6 Å². The quantitative estimate of drug-likeness (QED) is 0.355. The Hall–Kier alpha value is -2.57. The number of rotatable bonds is 9. The van der Waals surface area contributed by atoms with Gasteiger partial charge in [0, 0.05) is 0 Å². The topological polar surface area (TPSA) is 18.5 Å². The predicted molar refractivity (Wildman–Crippen MR) is 114 cm³/mol. The Balaban J connectivity index is 1.56. The Morgan fingerprint density at radius 1 is 0.969 bits per heavy atom. The van der Waals surface area contributed by atoms with E-state index in [1.807, 2.05) is 0 Å². The van der Waals surface area contributed by atoms with Crippen molar-refractivity contribution in [3.8, 4) is 22.6 Å². The molecule has 0 radical (unpaired) electrons. The van der Waals surface area contributed by atoms with Crippen molar-refractivity contribution in [3.05, 3.63) is 60.4 Å². The van der Waals surface area contributed by atoms with Crippen LogP contribution in [0.25, 0.3) is 11.1 Å². The summed E-state index contributed by atoms with van der Waals surface area (Å²) in [6.07, 6.45) is -0.163. The summed E-state index contributed by atoms with van der Waals surface area (Å²) in [6.45, 7) is 2.89. The van der Waals surface area contributed by atoms with Gasteiger partial charge in [0.2, 0.25) is 0 Å². The van der Waals surface area contributed by atoms with Gasteiger partial charge in [-0.15, -0.1) is 0 Å². The molecule has 0 N–H and O–H groups in total. The first kappa shape index (κ1) is 24.1. The molecule has 0 atom stereocenters. The molecule has 3 rings (SSSR count). The highest BCUT2D eigenvalue weighted by Gasteiger charge is 2.31. The molecule has 1 aliphatic carbocycles. The van der Waals surface area contributed by atoms with E-state index in [4.69, 9.17) is 4.74 Å². The summed E-state index contributed by atoms with van der Waals surface area (Å²) in [4.78, 5) is 0. The molecule has 2 aromatic rings. The normalized spacial score (nSPS) is 18.8. The number of hydrogen-bond acceptors (Lipinski definition) is 2. The summed E-state index contributed by atoms with van der Waals surface area (Å²) < 4.78 is 74.9. The smallest absolute Gasteiger partial charge is 0.425 e. The van der Waals surface area contributed by atoms with Crippen LogP contribution in [-0.4, -0.2) is 12.7 Å². The van der Waals surface area contributed by atoms with Crippen LogP contribution in [0.4, 0.5) is 22.0 Å². The Bertz CT molecular complexity index is 899. The molecule has 0 heterocycles. The van der Waals surface area contributed by atoms with Gasteiger partial charge >= 0.3 is 6.11 Å². The Labute approximate surface area is 185 Å². The lowest BCUT2D eigenvalue weighted by molar-refractivity contribution is -0.135. The average molecular weight is 454 g/mol. The number of alkyl halides is 2. The first-order valence-corrected chi connectivity index (χ1v) is 10.9. The van der Waals surface area contributed by atoms with Crippen LogP contribution in [0, 0.1) is 17.7 Å². The summed E-state index contributed by atoms with van der Waals surface area (Å²) in [7, 11) is 0. The van der Waals surface area contributed by atoms with Crippen LogP contribution in [-0.2, 0) is 0 Å². The molecule has 0 unspecified atom stereocenters. The second kappa shape index (κ2) is 10.8. The van der Waals surface area contributed by atoms with Crippen LogP contribution in [0.5, 0.6) is 11.5 Å². The highest BCUT2D eigenvalue weighted by Crippen LogP contribution is 2.33. The van der Waals surface area contributed by atoms with Gasteiger partial charge in [0.1, 0.15) is 5.75 Å².